The molecule has 0 saturated carbocycles. The predicted octanol–water partition coefficient (Wildman–Crippen LogP) is 3.85. The van der Waals surface area contributed by atoms with Gasteiger partial charge in [-0.15, -0.1) is 0 Å². The second kappa shape index (κ2) is 8.57. The van der Waals surface area contributed by atoms with Crippen LogP contribution >= 0.6 is 0 Å². The van der Waals surface area contributed by atoms with E-state index in [2.05, 4.69) is 45.7 Å². The maximum absolute atomic E-state index is 12.7. The molecule has 0 fully saturated rings. The number of rotatable bonds is 7. The highest BCUT2D eigenvalue weighted by atomic mass is 32.2. The highest BCUT2D eigenvalue weighted by molar-refractivity contribution is 7.92. The van der Waals surface area contributed by atoms with Crippen LogP contribution in [0.4, 0.5) is 5.82 Å². The normalized spacial score (nSPS) is 11.5. The molecule has 0 bridgehead atoms. The van der Waals surface area contributed by atoms with E-state index in [4.69, 9.17) is 4.74 Å². The summed E-state index contributed by atoms with van der Waals surface area (Å²) in [7, 11) is -2.47. The van der Waals surface area contributed by atoms with Crippen LogP contribution in [0.3, 0.4) is 0 Å². The maximum atomic E-state index is 12.7. The van der Waals surface area contributed by atoms with Crippen molar-refractivity contribution in [1.82, 2.24) is 15.0 Å². The second-order valence-electron chi connectivity index (χ2n) is 7.15. The summed E-state index contributed by atoms with van der Waals surface area (Å²) in [5.41, 5.74) is 3.52. The van der Waals surface area contributed by atoms with Crippen LogP contribution in [0.15, 0.2) is 53.7 Å². The second-order valence-corrected chi connectivity index (χ2v) is 8.83. The van der Waals surface area contributed by atoms with E-state index in [1.807, 2.05) is 12.1 Å². The van der Waals surface area contributed by atoms with Gasteiger partial charge in [-0.25, -0.2) is 18.4 Å². The first kappa shape index (κ1) is 20.7. The molecule has 1 N–H and O–H groups in total. The fourth-order valence-electron chi connectivity index (χ4n) is 2.85. The van der Waals surface area contributed by atoms with E-state index in [0.29, 0.717) is 17.3 Å². The lowest BCUT2D eigenvalue weighted by molar-refractivity contribution is 0.397. The van der Waals surface area contributed by atoms with Crippen LogP contribution in [0, 0.1) is 12.8 Å². The van der Waals surface area contributed by atoms with Gasteiger partial charge in [0.05, 0.1) is 24.7 Å². The van der Waals surface area contributed by atoms with Crippen molar-refractivity contribution in [3.63, 3.8) is 0 Å². The standard InChI is InChI=1S/C21H24N4O3S/c1-14(2)11-16-5-7-17(8-6-16)19-10-9-18(13-22-19)29(26,27)25-20-21(28-4)24-15(3)12-23-20/h5-10,12-14H,11H2,1-4H3,(H,23,25). The number of ether oxygens (including phenoxy) is 1. The minimum Gasteiger partial charge on any atom is -0.478 e. The van der Waals surface area contributed by atoms with E-state index in [9.17, 15) is 8.42 Å². The molecular weight excluding hydrogens is 388 g/mol. The molecule has 0 spiro atoms. The average Bonchev–Trinajstić information content (AvgIpc) is 2.69. The summed E-state index contributed by atoms with van der Waals surface area (Å²) in [5, 5.41) is 0. The molecule has 3 aromatic rings. The van der Waals surface area contributed by atoms with Gasteiger partial charge in [-0.1, -0.05) is 38.1 Å². The summed E-state index contributed by atoms with van der Waals surface area (Å²) < 4.78 is 32.9. The molecular formula is C21H24N4O3S. The van der Waals surface area contributed by atoms with Crippen LogP contribution in [-0.4, -0.2) is 30.5 Å². The topological polar surface area (TPSA) is 94.1 Å². The third-order valence-corrected chi connectivity index (χ3v) is 5.55. The zero-order valence-corrected chi connectivity index (χ0v) is 17.7. The van der Waals surface area contributed by atoms with E-state index >= 15 is 0 Å². The Morgan fingerprint density at radius 2 is 1.76 bits per heavy atom. The fourth-order valence-corrected chi connectivity index (χ4v) is 3.80. The molecule has 0 amide bonds. The van der Waals surface area contributed by atoms with E-state index in [0.717, 1.165) is 12.0 Å². The first-order chi connectivity index (χ1) is 13.8. The molecule has 0 saturated heterocycles. The number of anilines is 1. The van der Waals surface area contributed by atoms with Gasteiger partial charge in [0, 0.05) is 11.8 Å². The summed E-state index contributed by atoms with van der Waals surface area (Å²) >= 11 is 0. The average molecular weight is 413 g/mol. The van der Waals surface area contributed by atoms with Crippen LogP contribution < -0.4 is 9.46 Å². The zero-order valence-electron chi connectivity index (χ0n) is 16.9. The van der Waals surface area contributed by atoms with Gasteiger partial charge in [-0.2, -0.15) is 0 Å². The number of benzene rings is 1. The van der Waals surface area contributed by atoms with Gasteiger partial charge in [-0.05, 0) is 37.0 Å². The molecule has 0 aliphatic carbocycles. The van der Waals surface area contributed by atoms with Crippen molar-refractivity contribution in [3.05, 3.63) is 60.0 Å². The Morgan fingerprint density at radius 3 is 2.34 bits per heavy atom. The highest BCUT2D eigenvalue weighted by Crippen LogP contribution is 2.24. The Kier molecular flexibility index (Phi) is 6.12. The van der Waals surface area contributed by atoms with Gasteiger partial charge in [0.1, 0.15) is 4.90 Å². The summed E-state index contributed by atoms with van der Waals surface area (Å²) in [6.45, 7) is 6.10. The van der Waals surface area contributed by atoms with Crippen LogP contribution in [0.25, 0.3) is 11.3 Å². The number of nitrogens with zero attached hydrogens (tertiary/aromatic N) is 3. The number of pyridine rings is 1. The number of aromatic nitrogens is 3. The molecule has 0 unspecified atom stereocenters. The van der Waals surface area contributed by atoms with E-state index in [-0.39, 0.29) is 16.6 Å². The number of nitrogens with one attached hydrogen (secondary N) is 1. The quantitative estimate of drug-likeness (QED) is 0.633. The number of sulfonamides is 1. The van der Waals surface area contributed by atoms with E-state index in [1.165, 1.54) is 31.1 Å². The SMILES string of the molecule is COc1nc(C)cnc1NS(=O)(=O)c1ccc(-c2ccc(CC(C)C)cc2)nc1. The van der Waals surface area contributed by atoms with Crippen LogP contribution in [-0.2, 0) is 16.4 Å². The molecule has 2 aromatic heterocycles. The summed E-state index contributed by atoms with van der Waals surface area (Å²) in [5.74, 6) is 0.732. The molecule has 3 rings (SSSR count). The molecule has 0 atom stereocenters. The van der Waals surface area contributed by atoms with Crippen molar-refractivity contribution in [2.45, 2.75) is 32.1 Å². The van der Waals surface area contributed by atoms with Gasteiger partial charge in [0.15, 0.2) is 0 Å². The molecule has 2 heterocycles. The lowest BCUT2D eigenvalue weighted by atomic mass is 10.0. The largest absolute Gasteiger partial charge is 0.478 e. The number of hydrogen-bond donors (Lipinski definition) is 1. The third kappa shape index (κ3) is 5.08. The minimum absolute atomic E-state index is 0.0297. The van der Waals surface area contributed by atoms with Crippen molar-refractivity contribution in [1.29, 1.82) is 0 Å². The Balaban J connectivity index is 1.80. The number of hydrogen-bond acceptors (Lipinski definition) is 6. The van der Waals surface area contributed by atoms with E-state index < -0.39 is 10.0 Å². The Morgan fingerprint density at radius 1 is 1.03 bits per heavy atom. The molecule has 7 nitrogen and oxygen atoms in total. The monoisotopic (exact) mass is 412 g/mol. The Hall–Kier alpha value is -3.00. The van der Waals surface area contributed by atoms with Crippen LogP contribution in [0.2, 0.25) is 0 Å². The molecule has 0 aliphatic rings. The maximum Gasteiger partial charge on any atom is 0.264 e. The van der Waals surface area contributed by atoms with Crippen LogP contribution in [0.5, 0.6) is 5.88 Å². The Bertz CT molecular complexity index is 1080. The summed E-state index contributed by atoms with van der Waals surface area (Å²) in [6.07, 6.45) is 3.81. The molecule has 0 radical (unpaired) electrons. The van der Waals surface area contributed by atoms with Gasteiger partial charge in [0.2, 0.25) is 5.82 Å². The molecule has 0 aliphatic heterocycles. The fraction of sp³-hybridized carbons (Fsp3) is 0.286. The van der Waals surface area contributed by atoms with E-state index in [1.54, 1.807) is 13.0 Å². The van der Waals surface area contributed by atoms with Crippen LogP contribution in [0.1, 0.15) is 25.1 Å². The number of methoxy groups -OCH3 is 1. The predicted molar refractivity (Wildman–Crippen MR) is 112 cm³/mol. The first-order valence-electron chi connectivity index (χ1n) is 9.24. The van der Waals surface area contributed by atoms with Gasteiger partial charge >= 0.3 is 0 Å². The molecule has 8 heteroatoms. The third-order valence-electron chi connectivity index (χ3n) is 4.23. The summed E-state index contributed by atoms with van der Waals surface area (Å²) in [6, 6.07) is 11.3. The van der Waals surface area contributed by atoms with Crippen molar-refractivity contribution in [3.8, 4) is 17.1 Å². The summed E-state index contributed by atoms with van der Waals surface area (Å²) in [4.78, 5) is 12.5. The van der Waals surface area contributed by atoms with Gasteiger partial charge < -0.3 is 4.74 Å². The molecule has 152 valence electrons. The first-order valence-corrected chi connectivity index (χ1v) is 10.7. The Labute approximate surface area is 171 Å². The highest BCUT2D eigenvalue weighted by Gasteiger charge is 2.19. The zero-order chi connectivity index (χ0) is 21.0. The molecule has 29 heavy (non-hydrogen) atoms. The molecule has 1 aromatic carbocycles. The minimum atomic E-state index is -3.87. The van der Waals surface area contributed by atoms with Gasteiger partial charge in [0.25, 0.3) is 15.9 Å². The van der Waals surface area contributed by atoms with Crippen molar-refractivity contribution >= 4 is 15.8 Å². The lowest BCUT2D eigenvalue weighted by Gasteiger charge is -2.11. The smallest absolute Gasteiger partial charge is 0.264 e. The lowest BCUT2D eigenvalue weighted by Crippen LogP contribution is -2.15. The van der Waals surface area contributed by atoms with Gasteiger partial charge in [-0.3, -0.25) is 9.71 Å². The van der Waals surface area contributed by atoms with Crippen molar-refractivity contribution in [2.24, 2.45) is 5.92 Å². The number of aryl methyl sites for hydroxylation is 1. The van der Waals surface area contributed by atoms with Crippen molar-refractivity contribution in [2.75, 3.05) is 11.8 Å². The van der Waals surface area contributed by atoms with Crippen molar-refractivity contribution < 1.29 is 13.2 Å².